The average molecular weight is 228 g/mol. The molecule has 2 N–H and O–H groups in total. The largest absolute Gasteiger partial charge is 0.328 e. The van der Waals surface area contributed by atoms with Crippen LogP contribution >= 0.6 is 0 Å². The molecule has 0 atom stereocenters. The van der Waals surface area contributed by atoms with Crippen molar-refractivity contribution in [2.75, 3.05) is 0 Å². The van der Waals surface area contributed by atoms with E-state index in [1.165, 1.54) is 0 Å². The summed E-state index contributed by atoms with van der Waals surface area (Å²) in [7, 11) is 1.84. The molecule has 3 nitrogen and oxygen atoms in total. The zero-order valence-electron chi connectivity index (χ0n) is 9.89. The summed E-state index contributed by atoms with van der Waals surface area (Å²) < 4.78 is 1.74. The van der Waals surface area contributed by atoms with Crippen molar-refractivity contribution in [2.45, 2.75) is 24.8 Å². The van der Waals surface area contributed by atoms with Gasteiger partial charge < -0.3 is 10.3 Å². The molecule has 0 bridgehead atoms. The highest BCUT2D eigenvalue weighted by Crippen LogP contribution is 2.34. The molecule has 3 heteroatoms. The maximum atomic E-state index is 12.2. The van der Waals surface area contributed by atoms with Crippen molar-refractivity contribution in [1.82, 2.24) is 4.57 Å². The van der Waals surface area contributed by atoms with Crippen LogP contribution in [-0.2, 0) is 7.05 Å². The highest BCUT2D eigenvalue weighted by Gasteiger charge is 2.29. The fraction of sp³-hybridized carbons (Fsp3) is 0.357. The minimum Gasteiger partial charge on any atom is -0.328 e. The fourth-order valence-corrected chi connectivity index (χ4v) is 2.66. The molecule has 1 fully saturated rings. The number of hydrogen-bond acceptors (Lipinski definition) is 2. The van der Waals surface area contributed by atoms with Crippen molar-refractivity contribution >= 4 is 10.9 Å². The van der Waals surface area contributed by atoms with Crippen molar-refractivity contribution in [2.24, 2.45) is 12.8 Å². The van der Waals surface area contributed by atoms with Gasteiger partial charge >= 0.3 is 0 Å². The average Bonchev–Trinajstić information content (AvgIpc) is 2.30. The Morgan fingerprint density at radius 3 is 2.71 bits per heavy atom. The predicted octanol–water partition coefficient (Wildman–Crippen LogP) is 1.74. The van der Waals surface area contributed by atoms with E-state index in [0.29, 0.717) is 5.92 Å². The van der Waals surface area contributed by atoms with Gasteiger partial charge in [0.25, 0.3) is 5.56 Å². The molecule has 0 radical (unpaired) electrons. The summed E-state index contributed by atoms with van der Waals surface area (Å²) in [5, 5.41) is 1.13. The van der Waals surface area contributed by atoms with Gasteiger partial charge in [-0.3, -0.25) is 4.79 Å². The monoisotopic (exact) mass is 228 g/mol. The van der Waals surface area contributed by atoms with E-state index < -0.39 is 0 Å². The Balaban J connectivity index is 2.20. The Morgan fingerprint density at radius 1 is 1.29 bits per heavy atom. The molecule has 0 unspecified atom stereocenters. The zero-order chi connectivity index (χ0) is 12.0. The van der Waals surface area contributed by atoms with Crippen LogP contribution in [0.15, 0.2) is 35.1 Å². The van der Waals surface area contributed by atoms with E-state index in [0.717, 1.165) is 29.3 Å². The normalized spacial score (nSPS) is 23.6. The smallest absolute Gasteiger partial charge is 0.254 e. The molecule has 2 aromatic rings. The first-order chi connectivity index (χ1) is 8.16. The Labute approximate surface area is 99.9 Å². The van der Waals surface area contributed by atoms with Crippen molar-refractivity contribution < 1.29 is 0 Å². The zero-order valence-corrected chi connectivity index (χ0v) is 9.89. The number of para-hydroxylation sites is 1. The van der Waals surface area contributed by atoms with Gasteiger partial charge in [-0.05, 0) is 36.3 Å². The number of aromatic nitrogens is 1. The standard InChI is InChI=1S/C14H16N2O/c1-16-13-5-3-2-4-9(13)8-12(14(16)17)10-6-11(15)7-10/h2-5,8,10-11H,6-7,15H2,1H3. The van der Waals surface area contributed by atoms with Gasteiger partial charge in [-0.15, -0.1) is 0 Å². The van der Waals surface area contributed by atoms with E-state index in [2.05, 4.69) is 6.07 Å². The third-order valence-corrected chi connectivity index (χ3v) is 3.78. The number of nitrogens with two attached hydrogens (primary N) is 1. The maximum absolute atomic E-state index is 12.2. The summed E-state index contributed by atoms with van der Waals surface area (Å²) in [4.78, 5) is 12.2. The molecule has 0 aliphatic heterocycles. The van der Waals surface area contributed by atoms with E-state index in [1.807, 2.05) is 31.3 Å². The van der Waals surface area contributed by atoms with E-state index in [4.69, 9.17) is 5.73 Å². The number of benzene rings is 1. The number of rotatable bonds is 1. The van der Waals surface area contributed by atoms with Gasteiger partial charge in [0.1, 0.15) is 0 Å². The quantitative estimate of drug-likeness (QED) is 0.808. The minimum absolute atomic E-state index is 0.126. The van der Waals surface area contributed by atoms with Gasteiger partial charge in [0.15, 0.2) is 0 Å². The Kier molecular flexibility index (Phi) is 2.30. The van der Waals surface area contributed by atoms with Crippen LogP contribution in [0.4, 0.5) is 0 Å². The molecule has 0 amide bonds. The Morgan fingerprint density at radius 2 is 2.00 bits per heavy atom. The van der Waals surface area contributed by atoms with Crippen molar-refractivity contribution in [3.05, 3.63) is 46.2 Å². The number of hydrogen-bond donors (Lipinski definition) is 1. The molecule has 1 aliphatic carbocycles. The van der Waals surface area contributed by atoms with E-state index in [9.17, 15) is 4.79 Å². The van der Waals surface area contributed by atoms with Gasteiger partial charge in [0, 0.05) is 18.7 Å². The predicted molar refractivity (Wildman–Crippen MR) is 69.1 cm³/mol. The summed E-state index contributed by atoms with van der Waals surface area (Å²) in [5.74, 6) is 0.355. The first kappa shape index (κ1) is 10.5. The number of pyridine rings is 1. The molecule has 1 saturated carbocycles. The van der Waals surface area contributed by atoms with E-state index >= 15 is 0 Å². The molecular formula is C14H16N2O. The Hall–Kier alpha value is -1.61. The number of fused-ring (bicyclic) bond motifs is 1. The van der Waals surface area contributed by atoms with Crippen LogP contribution in [0.5, 0.6) is 0 Å². The molecule has 1 heterocycles. The van der Waals surface area contributed by atoms with Crippen molar-refractivity contribution in [3.8, 4) is 0 Å². The van der Waals surface area contributed by atoms with Gasteiger partial charge in [0.2, 0.25) is 0 Å². The molecule has 1 aromatic heterocycles. The summed E-state index contributed by atoms with van der Waals surface area (Å²) in [5.41, 5.74) is 7.84. The third kappa shape index (κ3) is 1.58. The third-order valence-electron chi connectivity index (χ3n) is 3.78. The fourth-order valence-electron chi connectivity index (χ4n) is 2.66. The van der Waals surface area contributed by atoms with Gasteiger partial charge in [-0.25, -0.2) is 0 Å². The topological polar surface area (TPSA) is 48.0 Å². The second kappa shape index (κ2) is 3.70. The molecule has 1 aromatic carbocycles. The van der Waals surface area contributed by atoms with Crippen LogP contribution in [0, 0.1) is 0 Å². The molecule has 1 aliphatic rings. The SMILES string of the molecule is Cn1c(=O)c(C2CC(N)C2)cc2ccccc21. The number of nitrogens with zero attached hydrogens (tertiary/aromatic N) is 1. The lowest BCUT2D eigenvalue weighted by molar-refractivity contribution is 0.348. The lowest BCUT2D eigenvalue weighted by atomic mass is 9.76. The van der Waals surface area contributed by atoms with Crippen molar-refractivity contribution in [1.29, 1.82) is 0 Å². The molecule has 17 heavy (non-hydrogen) atoms. The second-order valence-corrected chi connectivity index (χ2v) is 4.95. The van der Waals surface area contributed by atoms with Crippen LogP contribution in [0.3, 0.4) is 0 Å². The van der Waals surface area contributed by atoms with E-state index in [-0.39, 0.29) is 11.6 Å². The lowest BCUT2D eigenvalue weighted by Gasteiger charge is -2.32. The van der Waals surface area contributed by atoms with Gasteiger partial charge in [0.05, 0.1) is 5.52 Å². The van der Waals surface area contributed by atoms with Crippen LogP contribution in [0.2, 0.25) is 0 Å². The molecule has 0 spiro atoms. The highest BCUT2D eigenvalue weighted by molar-refractivity contribution is 5.79. The minimum atomic E-state index is 0.126. The molecule has 3 rings (SSSR count). The van der Waals surface area contributed by atoms with Gasteiger partial charge in [-0.1, -0.05) is 18.2 Å². The molecule has 88 valence electrons. The highest BCUT2D eigenvalue weighted by atomic mass is 16.1. The summed E-state index contributed by atoms with van der Waals surface area (Å²) >= 11 is 0. The summed E-state index contributed by atoms with van der Waals surface area (Å²) in [6.07, 6.45) is 1.88. The summed E-state index contributed by atoms with van der Waals surface area (Å²) in [6, 6.07) is 10.3. The van der Waals surface area contributed by atoms with Crippen LogP contribution in [0.1, 0.15) is 24.3 Å². The van der Waals surface area contributed by atoms with Crippen LogP contribution in [-0.4, -0.2) is 10.6 Å². The van der Waals surface area contributed by atoms with Gasteiger partial charge in [-0.2, -0.15) is 0 Å². The first-order valence-corrected chi connectivity index (χ1v) is 6.01. The van der Waals surface area contributed by atoms with Crippen molar-refractivity contribution in [3.63, 3.8) is 0 Å². The van der Waals surface area contributed by atoms with E-state index in [1.54, 1.807) is 4.57 Å². The summed E-state index contributed by atoms with van der Waals surface area (Å²) in [6.45, 7) is 0. The first-order valence-electron chi connectivity index (χ1n) is 6.01. The van der Waals surface area contributed by atoms with Crippen LogP contribution in [0.25, 0.3) is 10.9 Å². The Bertz CT molecular complexity index is 624. The van der Waals surface area contributed by atoms with Crippen LogP contribution < -0.4 is 11.3 Å². The maximum Gasteiger partial charge on any atom is 0.254 e. The lowest BCUT2D eigenvalue weighted by Crippen LogP contribution is -2.38. The number of aryl methyl sites for hydroxylation is 1. The second-order valence-electron chi connectivity index (χ2n) is 4.95. The molecule has 0 saturated heterocycles. The molecular weight excluding hydrogens is 212 g/mol.